The highest BCUT2D eigenvalue weighted by atomic mass is 16.2. The topological polar surface area (TPSA) is 91.0 Å². The molecule has 19 heavy (non-hydrogen) atoms. The third kappa shape index (κ3) is 3.10. The Hall–Kier alpha value is -1.92. The first-order valence-corrected chi connectivity index (χ1v) is 6.57. The first kappa shape index (κ1) is 13.5. The molecule has 0 unspecified atom stereocenters. The summed E-state index contributed by atoms with van der Waals surface area (Å²) in [4.78, 5) is 29.5. The maximum Gasteiger partial charge on any atom is 0.293 e. The number of hydrogen-bond donors (Lipinski definition) is 2. The summed E-state index contributed by atoms with van der Waals surface area (Å²) in [5.74, 6) is 0.759. The Bertz CT molecular complexity index is 462. The van der Waals surface area contributed by atoms with Gasteiger partial charge in [-0.1, -0.05) is 0 Å². The van der Waals surface area contributed by atoms with Crippen molar-refractivity contribution >= 4 is 11.8 Å². The molecule has 0 aromatic carbocycles. The largest absolute Gasteiger partial charge is 0.356 e. The minimum Gasteiger partial charge on any atom is -0.356 e. The molecular formula is C12H19N5O2. The molecule has 0 bridgehead atoms. The molecule has 104 valence electrons. The molecule has 0 spiro atoms. The summed E-state index contributed by atoms with van der Waals surface area (Å²) in [7, 11) is 0. The van der Waals surface area contributed by atoms with E-state index in [1.165, 1.54) is 0 Å². The molecule has 2 heterocycles. The van der Waals surface area contributed by atoms with Gasteiger partial charge in [-0.2, -0.15) is 0 Å². The van der Waals surface area contributed by atoms with E-state index in [0.717, 1.165) is 0 Å². The fraction of sp³-hybridized carbons (Fsp3) is 0.667. The average molecular weight is 265 g/mol. The Balaban J connectivity index is 1.89. The predicted molar refractivity (Wildman–Crippen MR) is 68.4 cm³/mol. The van der Waals surface area contributed by atoms with Crippen LogP contribution >= 0.6 is 0 Å². The van der Waals surface area contributed by atoms with Gasteiger partial charge in [0.2, 0.25) is 11.7 Å². The van der Waals surface area contributed by atoms with Gasteiger partial charge in [0.25, 0.3) is 5.91 Å². The van der Waals surface area contributed by atoms with Crippen LogP contribution in [0, 0.1) is 12.8 Å². The fourth-order valence-corrected chi connectivity index (χ4v) is 2.24. The summed E-state index contributed by atoms with van der Waals surface area (Å²) in [6, 6.07) is 0. The Morgan fingerprint density at radius 2 is 2.11 bits per heavy atom. The monoisotopic (exact) mass is 265 g/mol. The van der Waals surface area contributed by atoms with Gasteiger partial charge in [-0.15, -0.1) is 5.10 Å². The number of H-pyrrole nitrogens is 1. The number of aromatic nitrogens is 3. The smallest absolute Gasteiger partial charge is 0.293 e. The van der Waals surface area contributed by atoms with E-state index in [0.29, 0.717) is 38.3 Å². The molecule has 0 radical (unpaired) electrons. The van der Waals surface area contributed by atoms with Gasteiger partial charge < -0.3 is 10.2 Å². The lowest BCUT2D eigenvalue weighted by Crippen LogP contribution is -2.43. The summed E-state index contributed by atoms with van der Waals surface area (Å²) in [6.45, 7) is 5.46. The molecule has 0 atom stereocenters. The highest BCUT2D eigenvalue weighted by Gasteiger charge is 2.28. The molecule has 1 fully saturated rings. The van der Waals surface area contributed by atoms with Crippen molar-refractivity contribution in [3.8, 4) is 0 Å². The number of likely N-dealkylation sites (tertiary alicyclic amines) is 1. The first-order valence-electron chi connectivity index (χ1n) is 6.57. The first-order chi connectivity index (χ1) is 9.11. The molecule has 0 aliphatic carbocycles. The van der Waals surface area contributed by atoms with Crippen molar-refractivity contribution in [2.45, 2.75) is 26.7 Å². The van der Waals surface area contributed by atoms with Crippen LogP contribution in [0.15, 0.2) is 0 Å². The molecule has 0 saturated carbocycles. The Labute approximate surface area is 111 Å². The van der Waals surface area contributed by atoms with E-state index in [-0.39, 0.29) is 23.6 Å². The standard InChI is InChI=1S/C12H19N5O2/c1-3-13-11(18)9-4-6-17(7-5-9)12(19)10-14-8(2)15-16-10/h9H,3-7H2,1-2H3,(H,13,18)(H,14,15,16). The van der Waals surface area contributed by atoms with Gasteiger partial charge in [0.1, 0.15) is 5.82 Å². The van der Waals surface area contributed by atoms with Gasteiger partial charge in [0.05, 0.1) is 0 Å². The number of amides is 2. The lowest BCUT2D eigenvalue weighted by molar-refractivity contribution is -0.126. The second-order valence-electron chi connectivity index (χ2n) is 4.71. The summed E-state index contributed by atoms with van der Waals surface area (Å²) >= 11 is 0. The van der Waals surface area contributed by atoms with Crippen molar-refractivity contribution in [1.82, 2.24) is 25.4 Å². The number of nitrogens with zero attached hydrogens (tertiary/aromatic N) is 3. The molecule has 7 nitrogen and oxygen atoms in total. The maximum absolute atomic E-state index is 12.1. The van der Waals surface area contributed by atoms with Crippen molar-refractivity contribution in [1.29, 1.82) is 0 Å². The average Bonchev–Trinajstić information content (AvgIpc) is 2.85. The highest BCUT2D eigenvalue weighted by Crippen LogP contribution is 2.18. The van der Waals surface area contributed by atoms with Crippen LogP contribution in [0.4, 0.5) is 0 Å². The van der Waals surface area contributed by atoms with Gasteiger partial charge >= 0.3 is 0 Å². The number of hydrogen-bond acceptors (Lipinski definition) is 4. The van der Waals surface area contributed by atoms with Gasteiger partial charge in [0.15, 0.2) is 0 Å². The second kappa shape index (κ2) is 5.81. The van der Waals surface area contributed by atoms with E-state index >= 15 is 0 Å². The number of nitrogens with one attached hydrogen (secondary N) is 2. The third-order valence-electron chi connectivity index (χ3n) is 3.29. The molecule has 1 aliphatic rings. The van der Waals surface area contributed by atoms with E-state index in [9.17, 15) is 9.59 Å². The summed E-state index contributed by atoms with van der Waals surface area (Å²) < 4.78 is 0. The van der Waals surface area contributed by atoms with E-state index in [2.05, 4.69) is 20.5 Å². The second-order valence-corrected chi connectivity index (χ2v) is 4.71. The van der Waals surface area contributed by atoms with Gasteiger partial charge in [-0.3, -0.25) is 14.7 Å². The molecule has 1 aliphatic heterocycles. The quantitative estimate of drug-likeness (QED) is 0.811. The highest BCUT2D eigenvalue weighted by molar-refractivity contribution is 5.90. The van der Waals surface area contributed by atoms with Gasteiger partial charge in [-0.05, 0) is 26.7 Å². The number of piperidine rings is 1. The molecule has 1 saturated heterocycles. The fourth-order valence-electron chi connectivity index (χ4n) is 2.24. The number of aromatic amines is 1. The maximum atomic E-state index is 12.1. The van der Waals surface area contributed by atoms with Crippen LogP contribution in [0.3, 0.4) is 0 Å². The number of rotatable bonds is 3. The van der Waals surface area contributed by atoms with Gasteiger partial charge in [-0.25, -0.2) is 4.98 Å². The van der Waals surface area contributed by atoms with Gasteiger partial charge in [0, 0.05) is 25.6 Å². The lowest BCUT2D eigenvalue weighted by Gasteiger charge is -2.30. The van der Waals surface area contributed by atoms with Crippen molar-refractivity contribution in [3.05, 3.63) is 11.6 Å². The number of aryl methyl sites for hydroxylation is 1. The number of carbonyl (C=O) groups is 2. The van der Waals surface area contributed by atoms with E-state index in [1.807, 2.05) is 6.92 Å². The molecular weight excluding hydrogens is 246 g/mol. The van der Waals surface area contributed by atoms with Crippen molar-refractivity contribution in [2.24, 2.45) is 5.92 Å². The van der Waals surface area contributed by atoms with Crippen LogP contribution in [0.2, 0.25) is 0 Å². The van der Waals surface area contributed by atoms with Crippen molar-refractivity contribution < 1.29 is 9.59 Å². The van der Waals surface area contributed by atoms with Crippen LogP contribution in [0.5, 0.6) is 0 Å². The Kier molecular flexibility index (Phi) is 4.13. The molecule has 2 N–H and O–H groups in total. The molecule has 2 rings (SSSR count). The zero-order valence-corrected chi connectivity index (χ0v) is 11.3. The summed E-state index contributed by atoms with van der Waals surface area (Å²) in [5.41, 5.74) is 0. The van der Waals surface area contributed by atoms with Crippen LogP contribution < -0.4 is 5.32 Å². The molecule has 2 amide bonds. The SMILES string of the molecule is CCNC(=O)C1CCN(C(=O)c2n[nH]c(C)n2)CC1. The molecule has 1 aromatic heterocycles. The zero-order chi connectivity index (χ0) is 13.8. The van der Waals surface area contributed by atoms with Crippen molar-refractivity contribution in [2.75, 3.05) is 19.6 Å². The van der Waals surface area contributed by atoms with Crippen LogP contribution in [-0.4, -0.2) is 51.5 Å². The predicted octanol–water partition coefficient (Wildman–Crippen LogP) is 0.101. The normalized spacial score (nSPS) is 16.4. The van der Waals surface area contributed by atoms with Crippen LogP contribution in [-0.2, 0) is 4.79 Å². The molecule has 7 heteroatoms. The van der Waals surface area contributed by atoms with Crippen LogP contribution in [0.1, 0.15) is 36.2 Å². The minimum atomic E-state index is -0.168. The minimum absolute atomic E-state index is 0.0119. The number of carbonyl (C=O) groups excluding carboxylic acids is 2. The third-order valence-corrected chi connectivity index (χ3v) is 3.29. The van der Waals surface area contributed by atoms with E-state index in [1.54, 1.807) is 11.8 Å². The van der Waals surface area contributed by atoms with E-state index < -0.39 is 0 Å². The van der Waals surface area contributed by atoms with E-state index in [4.69, 9.17) is 0 Å². The lowest BCUT2D eigenvalue weighted by atomic mass is 9.96. The summed E-state index contributed by atoms with van der Waals surface area (Å²) in [6.07, 6.45) is 1.39. The van der Waals surface area contributed by atoms with Crippen LogP contribution in [0.25, 0.3) is 0 Å². The Morgan fingerprint density at radius 3 is 2.63 bits per heavy atom. The Morgan fingerprint density at radius 1 is 1.42 bits per heavy atom. The molecule has 1 aromatic rings. The summed E-state index contributed by atoms with van der Waals surface area (Å²) in [5, 5.41) is 9.35. The van der Waals surface area contributed by atoms with Crippen molar-refractivity contribution in [3.63, 3.8) is 0 Å². The zero-order valence-electron chi connectivity index (χ0n) is 11.3.